The van der Waals surface area contributed by atoms with Gasteiger partial charge in [-0.3, -0.25) is 4.79 Å². The van der Waals surface area contributed by atoms with Crippen LogP contribution in [0.1, 0.15) is 57.8 Å². The molecule has 25 heavy (non-hydrogen) atoms. The molecule has 4 bridgehead atoms. The molecule has 6 nitrogen and oxygen atoms in total. The number of rotatable bonds is 6. The molecule has 1 saturated heterocycles. The molecule has 4 aliphatic carbocycles. The number of nitrogens with one attached hydrogen (secondary N) is 4. The van der Waals surface area contributed by atoms with E-state index < -0.39 is 0 Å². The van der Waals surface area contributed by atoms with Gasteiger partial charge in [0.25, 0.3) is 0 Å². The maximum atomic E-state index is 12.3. The van der Waals surface area contributed by atoms with Gasteiger partial charge < -0.3 is 21.3 Å². The van der Waals surface area contributed by atoms with E-state index in [0.717, 1.165) is 50.0 Å². The monoisotopic (exact) mass is 348 g/mol. The lowest BCUT2D eigenvalue weighted by molar-refractivity contribution is -0.121. The van der Waals surface area contributed by atoms with E-state index in [9.17, 15) is 9.59 Å². The summed E-state index contributed by atoms with van der Waals surface area (Å²) >= 11 is 0. The molecule has 6 heteroatoms. The summed E-state index contributed by atoms with van der Waals surface area (Å²) in [6, 6.07) is 0.323. The molecule has 5 fully saturated rings. The smallest absolute Gasteiger partial charge is 0.315 e. The quantitative estimate of drug-likeness (QED) is 0.587. The molecule has 5 rings (SSSR count). The molecule has 5 aliphatic rings. The van der Waals surface area contributed by atoms with Gasteiger partial charge >= 0.3 is 6.03 Å². The Bertz CT molecular complexity index is 480. The van der Waals surface area contributed by atoms with Crippen LogP contribution >= 0.6 is 0 Å². The standard InChI is InChI=1S/C19H32N4O2/c24-17(22-12-16-2-1-4-20-16)3-5-21-18(25)23-19-9-13-6-14(10-19)8-15(7-13)11-19/h13-16,20H,1-12H2,(H,22,24)(H2,21,23,25). The van der Waals surface area contributed by atoms with E-state index in [1.54, 1.807) is 0 Å². The first-order valence-corrected chi connectivity index (χ1v) is 10.2. The van der Waals surface area contributed by atoms with Gasteiger partial charge in [-0.15, -0.1) is 0 Å². The molecule has 4 saturated carbocycles. The van der Waals surface area contributed by atoms with Gasteiger partial charge in [-0.1, -0.05) is 0 Å². The van der Waals surface area contributed by atoms with E-state index in [2.05, 4.69) is 21.3 Å². The van der Waals surface area contributed by atoms with Gasteiger partial charge in [-0.25, -0.2) is 4.79 Å². The Morgan fingerprint density at radius 2 is 1.68 bits per heavy atom. The molecule has 0 radical (unpaired) electrons. The average molecular weight is 348 g/mol. The van der Waals surface area contributed by atoms with Gasteiger partial charge in [0.15, 0.2) is 0 Å². The lowest BCUT2D eigenvalue weighted by atomic mass is 9.53. The van der Waals surface area contributed by atoms with Crippen molar-refractivity contribution in [3.8, 4) is 0 Å². The normalized spacial score (nSPS) is 38.6. The Hall–Kier alpha value is -1.30. The zero-order chi connectivity index (χ0) is 17.3. The van der Waals surface area contributed by atoms with Crippen molar-refractivity contribution in [1.29, 1.82) is 0 Å². The predicted molar refractivity (Wildman–Crippen MR) is 96.1 cm³/mol. The second-order valence-electron chi connectivity index (χ2n) is 8.93. The van der Waals surface area contributed by atoms with Gasteiger partial charge in [-0.2, -0.15) is 0 Å². The van der Waals surface area contributed by atoms with Crippen LogP contribution in [0.25, 0.3) is 0 Å². The van der Waals surface area contributed by atoms with E-state index in [4.69, 9.17) is 0 Å². The predicted octanol–water partition coefficient (Wildman–Crippen LogP) is 1.51. The van der Waals surface area contributed by atoms with Crippen LogP contribution in [0, 0.1) is 17.8 Å². The largest absolute Gasteiger partial charge is 0.354 e. The second-order valence-corrected chi connectivity index (χ2v) is 8.93. The van der Waals surface area contributed by atoms with Gasteiger partial charge in [0, 0.05) is 31.1 Å². The molecule has 4 N–H and O–H groups in total. The molecule has 1 atom stereocenters. The fourth-order valence-electron chi connectivity index (χ4n) is 6.09. The highest BCUT2D eigenvalue weighted by Crippen LogP contribution is 2.55. The first kappa shape index (κ1) is 17.1. The summed E-state index contributed by atoms with van der Waals surface area (Å²) < 4.78 is 0. The maximum Gasteiger partial charge on any atom is 0.315 e. The van der Waals surface area contributed by atoms with Crippen molar-refractivity contribution in [3.63, 3.8) is 0 Å². The fourth-order valence-corrected chi connectivity index (χ4v) is 6.09. The molecule has 0 spiro atoms. The SMILES string of the molecule is O=C(CCNC(=O)NC12CC3CC(CC(C3)C1)C2)NCC1CCCN1. The number of hydrogen-bond donors (Lipinski definition) is 4. The van der Waals surface area contributed by atoms with Crippen molar-refractivity contribution in [3.05, 3.63) is 0 Å². The minimum absolute atomic E-state index is 0.0174. The molecule has 3 amide bonds. The Balaban J connectivity index is 1.15. The van der Waals surface area contributed by atoms with E-state index >= 15 is 0 Å². The molecule has 1 aliphatic heterocycles. The molecule has 1 unspecified atom stereocenters. The topological polar surface area (TPSA) is 82.3 Å². The maximum absolute atomic E-state index is 12.3. The highest BCUT2D eigenvalue weighted by atomic mass is 16.2. The van der Waals surface area contributed by atoms with Crippen molar-refractivity contribution in [2.24, 2.45) is 17.8 Å². The van der Waals surface area contributed by atoms with Crippen molar-refractivity contribution in [1.82, 2.24) is 21.3 Å². The Morgan fingerprint density at radius 3 is 2.28 bits per heavy atom. The third kappa shape index (κ3) is 4.10. The van der Waals surface area contributed by atoms with Crippen LogP contribution in [0.2, 0.25) is 0 Å². The van der Waals surface area contributed by atoms with Crippen LogP contribution in [0.3, 0.4) is 0 Å². The van der Waals surface area contributed by atoms with Crippen LogP contribution < -0.4 is 21.3 Å². The number of hydrogen-bond acceptors (Lipinski definition) is 3. The Morgan fingerprint density at radius 1 is 1.00 bits per heavy atom. The van der Waals surface area contributed by atoms with E-state index in [-0.39, 0.29) is 17.5 Å². The molecule has 0 aromatic carbocycles. The number of urea groups is 1. The molecule has 1 heterocycles. The molecular weight excluding hydrogens is 316 g/mol. The van der Waals surface area contributed by atoms with Crippen molar-refractivity contribution >= 4 is 11.9 Å². The first-order valence-electron chi connectivity index (χ1n) is 10.2. The fraction of sp³-hybridized carbons (Fsp3) is 0.895. The summed E-state index contributed by atoms with van der Waals surface area (Å²) in [5.74, 6) is 2.48. The van der Waals surface area contributed by atoms with Gasteiger partial charge in [0.1, 0.15) is 0 Å². The van der Waals surface area contributed by atoms with Crippen molar-refractivity contribution in [2.45, 2.75) is 69.4 Å². The molecule has 0 aromatic heterocycles. The minimum Gasteiger partial charge on any atom is -0.354 e. The summed E-state index contributed by atoms with van der Waals surface area (Å²) in [6.07, 6.45) is 10.2. The summed E-state index contributed by atoms with van der Waals surface area (Å²) in [5, 5.41) is 12.5. The molecular formula is C19H32N4O2. The third-order valence-corrected chi connectivity index (χ3v) is 6.76. The van der Waals surface area contributed by atoms with Crippen LogP contribution in [-0.2, 0) is 4.79 Å². The third-order valence-electron chi connectivity index (χ3n) is 6.76. The van der Waals surface area contributed by atoms with E-state index in [0.29, 0.717) is 25.6 Å². The van der Waals surface area contributed by atoms with Gasteiger partial charge in [-0.05, 0) is 75.7 Å². The van der Waals surface area contributed by atoms with Gasteiger partial charge in [0.05, 0.1) is 0 Å². The minimum atomic E-state index is -0.0905. The summed E-state index contributed by atoms with van der Waals surface area (Å²) in [4.78, 5) is 24.2. The Kier molecular flexibility index (Phi) is 4.89. The second kappa shape index (κ2) is 7.14. The van der Waals surface area contributed by atoms with Crippen LogP contribution in [-0.4, -0.2) is 43.2 Å². The van der Waals surface area contributed by atoms with Crippen molar-refractivity contribution < 1.29 is 9.59 Å². The average Bonchev–Trinajstić information content (AvgIpc) is 3.04. The zero-order valence-corrected chi connectivity index (χ0v) is 15.1. The summed E-state index contributed by atoms with van der Waals surface area (Å²) in [7, 11) is 0. The lowest BCUT2D eigenvalue weighted by Crippen LogP contribution is -2.61. The van der Waals surface area contributed by atoms with E-state index in [1.807, 2.05) is 0 Å². The lowest BCUT2D eigenvalue weighted by Gasteiger charge is -2.56. The first-order chi connectivity index (χ1) is 12.1. The summed E-state index contributed by atoms with van der Waals surface area (Å²) in [6.45, 7) is 2.15. The summed E-state index contributed by atoms with van der Waals surface area (Å²) in [5.41, 5.74) is 0.0369. The van der Waals surface area contributed by atoms with Crippen molar-refractivity contribution in [2.75, 3.05) is 19.6 Å². The number of amides is 3. The van der Waals surface area contributed by atoms with Crippen LogP contribution in [0.15, 0.2) is 0 Å². The highest BCUT2D eigenvalue weighted by molar-refractivity contribution is 5.78. The van der Waals surface area contributed by atoms with Crippen LogP contribution in [0.5, 0.6) is 0 Å². The highest BCUT2D eigenvalue weighted by Gasteiger charge is 2.51. The van der Waals surface area contributed by atoms with Crippen LogP contribution in [0.4, 0.5) is 4.79 Å². The van der Waals surface area contributed by atoms with E-state index in [1.165, 1.54) is 25.7 Å². The number of carbonyl (C=O) groups excluding carboxylic acids is 2. The molecule has 0 aromatic rings. The van der Waals surface area contributed by atoms with Gasteiger partial charge in [0.2, 0.25) is 5.91 Å². The molecule has 140 valence electrons. The number of carbonyl (C=O) groups is 2. The zero-order valence-electron chi connectivity index (χ0n) is 15.1. The Labute approximate surface area is 150 Å².